The van der Waals surface area contributed by atoms with Crippen LogP contribution in [0.1, 0.15) is 24.7 Å². The molecule has 5 rings (SSSR count). The summed E-state index contributed by atoms with van der Waals surface area (Å²) in [4.78, 5) is 4.65. The fourth-order valence-corrected chi connectivity index (χ4v) is 5.48. The van der Waals surface area contributed by atoms with Crippen LogP contribution in [0.3, 0.4) is 0 Å². The zero-order chi connectivity index (χ0) is 21.4. The first kappa shape index (κ1) is 19.8. The van der Waals surface area contributed by atoms with Crippen LogP contribution in [0.2, 0.25) is 0 Å². The van der Waals surface area contributed by atoms with Gasteiger partial charge in [0.05, 0.1) is 10.5 Å². The van der Waals surface area contributed by atoms with E-state index in [9.17, 15) is 12.8 Å². The highest BCUT2D eigenvalue weighted by molar-refractivity contribution is 7.89. The molecule has 4 aromatic rings. The highest BCUT2D eigenvalue weighted by atomic mass is 32.2. The van der Waals surface area contributed by atoms with E-state index in [0.717, 1.165) is 10.8 Å². The van der Waals surface area contributed by atoms with Gasteiger partial charge in [-0.15, -0.1) is 0 Å². The SMILES string of the molecule is O=S(=O)(c1ccc2ccccc2c1)N1CCC(c2nc(-c3ccccc3F)no2)CC1. The van der Waals surface area contributed by atoms with Gasteiger partial charge in [-0.25, -0.2) is 12.8 Å². The van der Waals surface area contributed by atoms with E-state index >= 15 is 0 Å². The number of piperidine rings is 1. The maximum absolute atomic E-state index is 14.0. The Morgan fingerprint density at radius 1 is 0.935 bits per heavy atom. The zero-order valence-corrected chi connectivity index (χ0v) is 17.4. The summed E-state index contributed by atoms with van der Waals surface area (Å²) in [6.45, 7) is 0.717. The van der Waals surface area contributed by atoms with Crippen molar-refractivity contribution in [1.82, 2.24) is 14.4 Å². The number of benzene rings is 3. The number of nitrogens with zero attached hydrogens (tertiary/aromatic N) is 3. The fourth-order valence-electron chi connectivity index (χ4n) is 3.97. The van der Waals surface area contributed by atoms with Crippen molar-refractivity contribution in [2.24, 2.45) is 0 Å². The number of hydrogen-bond acceptors (Lipinski definition) is 5. The third-order valence-corrected chi connectivity index (χ3v) is 7.61. The van der Waals surface area contributed by atoms with E-state index in [4.69, 9.17) is 4.52 Å². The molecule has 2 heterocycles. The summed E-state index contributed by atoms with van der Waals surface area (Å²) in [7, 11) is -3.59. The van der Waals surface area contributed by atoms with Crippen molar-refractivity contribution in [3.8, 4) is 11.4 Å². The monoisotopic (exact) mass is 437 g/mol. The van der Waals surface area contributed by atoms with Crippen LogP contribution in [0.5, 0.6) is 0 Å². The van der Waals surface area contributed by atoms with Gasteiger partial charge in [-0.05, 0) is 47.9 Å². The number of rotatable bonds is 4. The lowest BCUT2D eigenvalue weighted by Crippen LogP contribution is -2.37. The topological polar surface area (TPSA) is 76.3 Å². The van der Waals surface area contributed by atoms with Crippen LogP contribution >= 0.6 is 0 Å². The standard InChI is InChI=1S/C23H20FN3O3S/c24-21-8-4-3-7-20(21)22-25-23(30-26-22)17-11-13-27(14-12-17)31(28,29)19-10-9-16-5-1-2-6-18(16)15-19/h1-10,15,17H,11-14H2. The van der Waals surface area contributed by atoms with E-state index in [0.29, 0.717) is 36.7 Å². The van der Waals surface area contributed by atoms with E-state index < -0.39 is 15.8 Å². The van der Waals surface area contributed by atoms with Crippen LogP contribution in [-0.2, 0) is 10.0 Å². The number of hydrogen-bond donors (Lipinski definition) is 0. The molecule has 1 aromatic heterocycles. The molecule has 1 aliphatic rings. The summed E-state index contributed by atoms with van der Waals surface area (Å²) in [5.41, 5.74) is 0.286. The highest BCUT2D eigenvalue weighted by Crippen LogP contribution is 2.32. The van der Waals surface area contributed by atoms with Gasteiger partial charge in [0.15, 0.2) is 0 Å². The molecule has 158 valence electrons. The van der Waals surface area contributed by atoms with Crippen molar-refractivity contribution in [3.05, 3.63) is 78.4 Å². The average molecular weight is 437 g/mol. The first-order valence-electron chi connectivity index (χ1n) is 10.1. The molecule has 0 amide bonds. The molecule has 0 spiro atoms. The molecule has 1 fully saturated rings. The Morgan fingerprint density at radius 2 is 1.65 bits per heavy atom. The second-order valence-corrected chi connectivity index (χ2v) is 9.56. The van der Waals surface area contributed by atoms with Gasteiger partial charge in [0, 0.05) is 19.0 Å². The molecule has 3 aromatic carbocycles. The number of sulfonamides is 1. The van der Waals surface area contributed by atoms with Crippen molar-refractivity contribution in [2.45, 2.75) is 23.7 Å². The predicted molar refractivity (Wildman–Crippen MR) is 114 cm³/mol. The Bertz CT molecular complexity index is 1340. The zero-order valence-electron chi connectivity index (χ0n) is 16.6. The minimum atomic E-state index is -3.59. The molecule has 0 bridgehead atoms. The molecule has 8 heteroatoms. The second kappa shape index (κ2) is 7.86. The molecule has 1 saturated heterocycles. The lowest BCUT2D eigenvalue weighted by molar-refractivity contribution is 0.271. The van der Waals surface area contributed by atoms with E-state index in [1.807, 2.05) is 30.3 Å². The minimum absolute atomic E-state index is 0.0592. The Balaban J connectivity index is 1.31. The predicted octanol–water partition coefficient (Wildman–Crippen LogP) is 4.60. The van der Waals surface area contributed by atoms with Gasteiger partial charge in [-0.1, -0.05) is 47.6 Å². The first-order valence-corrected chi connectivity index (χ1v) is 11.5. The molecule has 31 heavy (non-hydrogen) atoms. The molecule has 0 radical (unpaired) electrons. The van der Waals surface area contributed by atoms with Crippen molar-refractivity contribution < 1.29 is 17.3 Å². The summed E-state index contributed by atoms with van der Waals surface area (Å²) >= 11 is 0. The molecule has 0 saturated carbocycles. The van der Waals surface area contributed by atoms with E-state index in [1.54, 1.807) is 30.3 Å². The third kappa shape index (κ3) is 3.73. The van der Waals surface area contributed by atoms with Gasteiger partial charge in [0.25, 0.3) is 0 Å². The van der Waals surface area contributed by atoms with Crippen LogP contribution in [0, 0.1) is 5.82 Å². The molecule has 6 nitrogen and oxygen atoms in total. The second-order valence-electron chi connectivity index (χ2n) is 7.62. The number of fused-ring (bicyclic) bond motifs is 1. The Labute approximate surface area is 179 Å². The Hall–Kier alpha value is -3.10. The van der Waals surface area contributed by atoms with Crippen molar-refractivity contribution >= 4 is 20.8 Å². The average Bonchev–Trinajstić information content (AvgIpc) is 3.29. The normalized spacial score (nSPS) is 16.0. The van der Waals surface area contributed by atoms with Gasteiger partial charge in [0.2, 0.25) is 21.7 Å². The fraction of sp³-hybridized carbons (Fsp3) is 0.217. The molecule has 0 aliphatic carbocycles. The van der Waals surface area contributed by atoms with E-state index in [-0.39, 0.29) is 17.3 Å². The van der Waals surface area contributed by atoms with Crippen LogP contribution in [0.15, 0.2) is 76.1 Å². The highest BCUT2D eigenvalue weighted by Gasteiger charge is 2.32. The maximum atomic E-state index is 14.0. The number of aromatic nitrogens is 2. The lowest BCUT2D eigenvalue weighted by atomic mass is 9.98. The molecule has 0 N–H and O–H groups in total. The van der Waals surface area contributed by atoms with Crippen molar-refractivity contribution in [2.75, 3.05) is 13.1 Å². The summed E-state index contributed by atoms with van der Waals surface area (Å²) in [5.74, 6) is 0.155. The smallest absolute Gasteiger partial charge is 0.243 e. The van der Waals surface area contributed by atoms with Gasteiger partial charge < -0.3 is 4.52 Å². The minimum Gasteiger partial charge on any atom is -0.339 e. The molecular formula is C23H20FN3O3S. The summed E-state index contributed by atoms with van der Waals surface area (Å²) < 4.78 is 47.1. The molecule has 0 unspecified atom stereocenters. The van der Waals surface area contributed by atoms with Crippen molar-refractivity contribution in [1.29, 1.82) is 0 Å². The van der Waals surface area contributed by atoms with Crippen molar-refractivity contribution in [3.63, 3.8) is 0 Å². The summed E-state index contributed by atoms with van der Waals surface area (Å²) in [5, 5.41) is 5.80. The maximum Gasteiger partial charge on any atom is 0.243 e. The number of halogens is 1. The Kier molecular flexibility index (Phi) is 5.03. The summed E-state index contributed by atoms with van der Waals surface area (Å²) in [6.07, 6.45) is 1.12. The van der Waals surface area contributed by atoms with Gasteiger partial charge in [-0.2, -0.15) is 9.29 Å². The van der Waals surface area contributed by atoms with Gasteiger partial charge in [0.1, 0.15) is 5.82 Å². The Morgan fingerprint density at radius 3 is 2.42 bits per heavy atom. The van der Waals surface area contributed by atoms with E-state index in [2.05, 4.69) is 10.1 Å². The van der Waals surface area contributed by atoms with Crippen LogP contribution < -0.4 is 0 Å². The van der Waals surface area contributed by atoms with Gasteiger partial charge >= 0.3 is 0 Å². The van der Waals surface area contributed by atoms with Gasteiger partial charge in [-0.3, -0.25) is 0 Å². The molecule has 0 atom stereocenters. The largest absolute Gasteiger partial charge is 0.339 e. The summed E-state index contributed by atoms with van der Waals surface area (Å²) in [6, 6.07) is 19.1. The lowest BCUT2D eigenvalue weighted by Gasteiger charge is -2.29. The molecular weight excluding hydrogens is 417 g/mol. The quantitative estimate of drug-likeness (QED) is 0.466. The van der Waals surface area contributed by atoms with E-state index in [1.165, 1.54) is 10.4 Å². The van der Waals surface area contributed by atoms with Crippen LogP contribution in [0.4, 0.5) is 4.39 Å². The third-order valence-electron chi connectivity index (χ3n) is 5.72. The van der Waals surface area contributed by atoms with Crippen LogP contribution in [-0.4, -0.2) is 36.0 Å². The molecule has 1 aliphatic heterocycles. The van der Waals surface area contributed by atoms with Crippen LogP contribution in [0.25, 0.3) is 22.2 Å². The first-order chi connectivity index (χ1) is 15.0.